The molecule has 2 amide bonds. The quantitative estimate of drug-likeness (QED) is 0.776. The van der Waals surface area contributed by atoms with Gasteiger partial charge in [0, 0.05) is 24.0 Å². The molecule has 0 aromatic heterocycles. The van der Waals surface area contributed by atoms with Gasteiger partial charge in [-0.05, 0) is 63.7 Å². The lowest BCUT2D eigenvalue weighted by Gasteiger charge is -2.22. The molecule has 2 heterocycles. The highest BCUT2D eigenvalue weighted by atomic mass is 32.2. The van der Waals surface area contributed by atoms with Crippen molar-refractivity contribution in [2.75, 3.05) is 31.9 Å². The molecule has 2 atom stereocenters. The van der Waals surface area contributed by atoms with E-state index in [2.05, 4.69) is 10.6 Å². The van der Waals surface area contributed by atoms with E-state index < -0.39 is 0 Å². The van der Waals surface area contributed by atoms with Crippen LogP contribution in [0.4, 0.5) is 0 Å². The lowest BCUT2D eigenvalue weighted by Crippen LogP contribution is -2.33. The largest absolute Gasteiger partial charge is 0.353 e. The number of benzene rings is 1. The van der Waals surface area contributed by atoms with Crippen LogP contribution in [0.15, 0.2) is 29.2 Å². The fourth-order valence-electron chi connectivity index (χ4n) is 3.87. The third-order valence-electron chi connectivity index (χ3n) is 5.23. The van der Waals surface area contributed by atoms with Crippen molar-refractivity contribution in [1.29, 1.82) is 0 Å². The van der Waals surface area contributed by atoms with Crippen LogP contribution in [0.25, 0.3) is 0 Å². The molecule has 0 saturated carbocycles. The van der Waals surface area contributed by atoms with E-state index in [1.165, 1.54) is 11.8 Å². The molecule has 142 valence electrons. The summed E-state index contributed by atoms with van der Waals surface area (Å²) in [5.74, 6) is 1.85. The molecule has 5 nitrogen and oxygen atoms in total. The van der Waals surface area contributed by atoms with Crippen molar-refractivity contribution >= 4 is 23.6 Å². The highest BCUT2D eigenvalue weighted by molar-refractivity contribution is 8.00. The first-order valence-corrected chi connectivity index (χ1v) is 10.5. The minimum Gasteiger partial charge on any atom is -0.353 e. The van der Waals surface area contributed by atoms with Gasteiger partial charge in [0.25, 0.3) is 5.91 Å². The molecule has 2 aliphatic rings. The molecule has 2 saturated heterocycles. The summed E-state index contributed by atoms with van der Waals surface area (Å²) in [6, 6.07) is 7.79. The standard InChI is InChI=1S/C20H29N3O2S/c1-14(2)22-19(24)13-26-18-6-4-3-5-17(18)20(25)23-9-7-15-11-21-12-16(15)8-10-23/h3-6,14-16,21H,7-13H2,1-2H3,(H,22,24)/t15-,16+. The zero-order valence-corrected chi connectivity index (χ0v) is 16.5. The fraction of sp³-hybridized carbons (Fsp3) is 0.600. The smallest absolute Gasteiger partial charge is 0.254 e. The maximum atomic E-state index is 13.1. The minimum atomic E-state index is 0.00218. The lowest BCUT2D eigenvalue weighted by atomic mass is 9.92. The first-order chi connectivity index (χ1) is 12.5. The number of hydrogen-bond donors (Lipinski definition) is 2. The average Bonchev–Trinajstić information content (AvgIpc) is 2.97. The zero-order valence-electron chi connectivity index (χ0n) is 15.7. The SMILES string of the molecule is CC(C)NC(=O)CSc1ccccc1C(=O)N1CC[C@@H]2CNC[C@@H]2CC1. The number of rotatable bonds is 5. The molecule has 0 radical (unpaired) electrons. The summed E-state index contributed by atoms with van der Waals surface area (Å²) in [7, 11) is 0. The number of nitrogens with zero attached hydrogens (tertiary/aromatic N) is 1. The topological polar surface area (TPSA) is 61.4 Å². The summed E-state index contributed by atoms with van der Waals surface area (Å²) in [5.41, 5.74) is 0.722. The Morgan fingerprint density at radius 2 is 1.85 bits per heavy atom. The highest BCUT2D eigenvalue weighted by Crippen LogP contribution is 2.29. The minimum absolute atomic E-state index is 0.00218. The van der Waals surface area contributed by atoms with Crippen molar-refractivity contribution in [1.82, 2.24) is 15.5 Å². The van der Waals surface area contributed by atoms with Gasteiger partial charge < -0.3 is 15.5 Å². The Hall–Kier alpha value is -1.53. The summed E-state index contributed by atoms with van der Waals surface area (Å²) in [5, 5.41) is 6.37. The maximum absolute atomic E-state index is 13.1. The highest BCUT2D eigenvalue weighted by Gasteiger charge is 2.32. The molecule has 1 aromatic rings. The van der Waals surface area contributed by atoms with E-state index in [4.69, 9.17) is 0 Å². The predicted octanol–water partition coefficient (Wildman–Crippen LogP) is 2.37. The average molecular weight is 376 g/mol. The van der Waals surface area contributed by atoms with Crippen LogP contribution >= 0.6 is 11.8 Å². The van der Waals surface area contributed by atoms with E-state index in [1.54, 1.807) is 0 Å². The number of fused-ring (bicyclic) bond motifs is 1. The number of amides is 2. The van der Waals surface area contributed by atoms with E-state index in [9.17, 15) is 9.59 Å². The Morgan fingerprint density at radius 3 is 2.50 bits per heavy atom. The molecule has 0 spiro atoms. The van der Waals surface area contributed by atoms with E-state index >= 15 is 0 Å². The molecule has 2 aliphatic heterocycles. The Bertz CT molecular complexity index is 636. The first kappa shape index (κ1) is 19.2. The molecule has 26 heavy (non-hydrogen) atoms. The van der Waals surface area contributed by atoms with Crippen LogP contribution in [-0.4, -0.2) is 54.7 Å². The van der Waals surface area contributed by atoms with E-state index in [0.717, 1.165) is 49.5 Å². The van der Waals surface area contributed by atoms with Gasteiger partial charge in [0.1, 0.15) is 0 Å². The summed E-state index contributed by atoms with van der Waals surface area (Å²) in [6.45, 7) is 7.73. The molecule has 2 fully saturated rings. The Balaban J connectivity index is 1.64. The molecule has 2 N–H and O–H groups in total. The second kappa shape index (κ2) is 8.91. The second-order valence-electron chi connectivity index (χ2n) is 7.56. The van der Waals surface area contributed by atoms with Gasteiger partial charge >= 0.3 is 0 Å². The van der Waals surface area contributed by atoms with Gasteiger partial charge in [0.05, 0.1) is 11.3 Å². The fourth-order valence-corrected chi connectivity index (χ4v) is 4.72. The van der Waals surface area contributed by atoms with Gasteiger partial charge in [0.15, 0.2) is 0 Å². The second-order valence-corrected chi connectivity index (χ2v) is 8.57. The summed E-state index contributed by atoms with van der Waals surface area (Å²) in [6.07, 6.45) is 2.16. The van der Waals surface area contributed by atoms with Crippen LogP contribution in [0.1, 0.15) is 37.0 Å². The van der Waals surface area contributed by atoms with E-state index in [0.29, 0.717) is 17.6 Å². The number of hydrogen-bond acceptors (Lipinski definition) is 4. The zero-order chi connectivity index (χ0) is 18.5. The van der Waals surface area contributed by atoms with E-state index in [1.807, 2.05) is 43.0 Å². The van der Waals surface area contributed by atoms with Crippen molar-refractivity contribution in [3.05, 3.63) is 29.8 Å². The lowest BCUT2D eigenvalue weighted by molar-refractivity contribution is -0.119. The maximum Gasteiger partial charge on any atom is 0.254 e. The molecule has 0 bridgehead atoms. The molecule has 0 aliphatic carbocycles. The van der Waals surface area contributed by atoms with Gasteiger partial charge in [-0.2, -0.15) is 0 Å². The first-order valence-electron chi connectivity index (χ1n) is 9.55. The molecular weight excluding hydrogens is 346 g/mol. The van der Waals surface area contributed by atoms with Crippen LogP contribution in [0, 0.1) is 11.8 Å². The molecule has 3 rings (SSSR count). The summed E-state index contributed by atoms with van der Waals surface area (Å²) < 4.78 is 0. The monoisotopic (exact) mass is 375 g/mol. The molecule has 6 heteroatoms. The normalized spacial score (nSPS) is 22.8. The van der Waals surface area contributed by atoms with E-state index in [-0.39, 0.29) is 17.9 Å². The van der Waals surface area contributed by atoms with Gasteiger partial charge in [0.2, 0.25) is 5.91 Å². The van der Waals surface area contributed by atoms with Crippen molar-refractivity contribution in [3.8, 4) is 0 Å². The van der Waals surface area contributed by atoms with Gasteiger partial charge in [-0.25, -0.2) is 0 Å². The van der Waals surface area contributed by atoms with Gasteiger partial charge in [-0.3, -0.25) is 9.59 Å². The number of thioether (sulfide) groups is 1. The Labute approximate surface area is 160 Å². The molecule has 1 aromatic carbocycles. The van der Waals surface area contributed by atoms with Gasteiger partial charge in [-0.15, -0.1) is 11.8 Å². The molecule has 0 unspecified atom stereocenters. The van der Waals surface area contributed by atoms with Crippen molar-refractivity contribution < 1.29 is 9.59 Å². The van der Waals surface area contributed by atoms with Crippen molar-refractivity contribution in [3.63, 3.8) is 0 Å². The van der Waals surface area contributed by atoms with Crippen molar-refractivity contribution in [2.45, 2.75) is 37.6 Å². The third-order valence-corrected chi connectivity index (χ3v) is 6.31. The number of likely N-dealkylation sites (tertiary alicyclic amines) is 1. The number of nitrogens with one attached hydrogen (secondary N) is 2. The van der Waals surface area contributed by atoms with Crippen LogP contribution in [-0.2, 0) is 4.79 Å². The third kappa shape index (κ3) is 4.80. The number of carbonyl (C=O) groups is 2. The van der Waals surface area contributed by atoms with Crippen LogP contribution in [0.3, 0.4) is 0 Å². The molecular formula is C20H29N3O2S. The summed E-state index contributed by atoms with van der Waals surface area (Å²) >= 11 is 1.44. The van der Waals surface area contributed by atoms with Crippen molar-refractivity contribution in [2.24, 2.45) is 11.8 Å². The Kier molecular flexibility index (Phi) is 6.59. The van der Waals surface area contributed by atoms with Gasteiger partial charge in [-0.1, -0.05) is 12.1 Å². The Morgan fingerprint density at radius 1 is 1.19 bits per heavy atom. The van der Waals surface area contributed by atoms with Crippen LogP contribution in [0.2, 0.25) is 0 Å². The van der Waals surface area contributed by atoms with Crippen LogP contribution < -0.4 is 10.6 Å². The van der Waals surface area contributed by atoms with Crippen LogP contribution in [0.5, 0.6) is 0 Å². The predicted molar refractivity (Wildman–Crippen MR) is 105 cm³/mol. The summed E-state index contributed by atoms with van der Waals surface area (Å²) in [4.78, 5) is 27.9. The number of carbonyl (C=O) groups excluding carboxylic acids is 2.